The number of carbonyl (C=O) groups excluding carboxylic acids is 3. The summed E-state index contributed by atoms with van der Waals surface area (Å²) in [5.41, 5.74) is -0.0724. The molecule has 152 valence electrons. The van der Waals surface area contributed by atoms with Crippen LogP contribution in [0.5, 0.6) is 5.75 Å². The predicted molar refractivity (Wildman–Crippen MR) is 105 cm³/mol. The van der Waals surface area contributed by atoms with E-state index in [1.165, 1.54) is 4.90 Å². The molecular weight excluding hydrogens is 394 g/mol. The minimum absolute atomic E-state index is 0.0870. The van der Waals surface area contributed by atoms with Gasteiger partial charge in [0, 0.05) is 27.2 Å². The third kappa shape index (κ3) is 3.23. The molecule has 3 amide bonds. The number of amides is 3. The highest BCUT2D eigenvalue weighted by atomic mass is 32.1. The van der Waals surface area contributed by atoms with Gasteiger partial charge in [0.25, 0.3) is 11.8 Å². The largest absolute Gasteiger partial charge is 0.490 e. The molecule has 0 radical (unpaired) electrons. The number of hydrogen-bond acceptors (Lipinski definition) is 7. The molecule has 0 aliphatic carbocycles. The smallest absolute Gasteiger partial charge is 0.267 e. The number of hydrogen-bond donors (Lipinski definition) is 1. The van der Waals surface area contributed by atoms with E-state index in [4.69, 9.17) is 4.74 Å². The second-order valence-corrected chi connectivity index (χ2v) is 8.31. The van der Waals surface area contributed by atoms with Crippen molar-refractivity contribution in [2.24, 2.45) is 5.92 Å². The van der Waals surface area contributed by atoms with Crippen LogP contribution in [0.2, 0.25) is 0 Å². The van der Waals surface area contributed by atoms with E-state index in [0.717, 1.165) is 11.5 Å². The van der Waals surface area contributed by atoms with Crippen molar-refractivity contribution in [3.05, 3.63) is 40.4 Å². The van der Waals surface area contributed by atoms with E-state index < -0.39 is 11.5 Å². The van der Waals surface area contributed by atoms with Crippen LogP contribution in [-0.2, 0) is 4.79 Å². The zero-order valence-corrected chi connectivity index (χ0v) is 17.2. The minimum atomic E-state index is -1.03. The Labute approximate surface area is 171 Å². The molecule has 0 unspecified atom stereocenters. The van der Waals surface area contributed by atoms with E-state index in [2.05, 4.69) is 14.9 Å². The highest BCUT2D eigenvalue weighted by Crippen LogP contribution is 2.35. The molecule has 4 rings (SSSR count). The maximum Gasteiger partial charge on any atom is 0.267 e. The Kier molecular flexibility index (Phi) is 4.73. The van der Waals surface area contributed by atoms with Crippen LogP contribution in [-0.4, -0.2) is 76.4 Å². The fourth-order valence-corrected chi connectivity index (χ4v) is 4.48. The fourth-order valence-electron chi connectivity index (χ4n) is 3.85. The lowest BCUT2D eigenvalue weighted by Gasteiger charge is -2.33. The maximum absolute atomic E-state index is 13.1. The van der Waals surface area contributed by atoms with Crippen molar-refractivity contribution >= 4 is 29.3 Å². The van der Waals surface area contributed by atoms with E-state index >= 15 is 0 Å². The van der Waals surface area contributed by atoms with Gasteiger partial charge >= 0.3 is 0 Å². The summed E-state index contributed by atoms with van der Waals surface area (Å²) < 4.78 is 9.77. The number of likely N-dealkylation sites (tertiary alicyclic amines) is 1. The first-order valence-electron chi connectivity index (χ1n) is 9.16. The van der Waals surface area contributed by atoms with Crippen LogP contribution >= 0.6 is 11.5 Å². The lowest BCUT2D eigenvalue weighted by molar-refractivity contribution is -0.134. The summed E-state index contributed by atoms with van der Waals surface area (Å²) in [6, 6.07) is 6.94. The summed E-state index contributed by atoms with van der Waals surface area (Å²) >= 11 is 1.02. The van der Waals surface area contributed by atoms with Gasteiger partial charge in [0.1, 0.15) is 22.8 Å². The van der Waals surface area contributed by atoms with Gasteiger partial charge in [-0.15, -0.1) is 5.10 Å². The van der Waals surface area contributed by atoms with E-state index in [-0.39, 0.29) is 37.4 Å². The molecule has 1 aromatic heterocycles. The van der Waals surface area contributed by atoms with Gasteiger partial charge in [0.15, 0.2) is 0 Å². The molecule has 9 nitrogen and oxygen atoms in total. The highest BCUT2D eigenvalue weighted by molar-refractivity contribution is 7.07. The summed E-state index contributed by atoms with van der Waals surface area (Å²) in [5, 5.41) is 6.91. The van der Waals surface area contributed by atoms with Gasteiger partial charge < -0.3 is 19.9 Å². The summed E-state index contributed by atoms with van der Waals surface area (Å²) in [6.07, 6.45) is 0. The van der Waals surface area contributed by atoms with Crippen LogP contribution in [0.25, 0.3) is 0 Å². The van der Waals surface area contributed by atoms with E-state index in [0.29, 0.717) is 21.9 Å². The quantitative estimate of drug-likeness (QED) is 0.769. The Morgan fingerprint density at radius 1 is 1.34 bits per heavy atom. The Balaban J connectivity index is 1.70. The molecular formula is C19H21N5O4S. The molecule has 10 heteroatoms. The van der Waals surface area contributed by atoms with Gasteiger partial charge in [-0.25, -0.2) is 0 Å². The van der Waals surface area contributed by atoms with Crippen molar-refractivity contribution in [1.29, 1.82) is 0 Å². The first-order chi connectivity index (χ1) is 13.8. The SMILES string of the molecule is Cc1nnsc1C(=O)N1C[C@H](C(=O)N(C)C)[C@]2(COc3ccccc3C(=O)N2)C1. The molecule has 2 aromatic rings. The van der Waals surface area contributed by atoms with Crippen LogP contribution < -0.4 is 10.1 Å². The second kappa shape index (κ2) is 7.11. The van der Waals surface area contributed by atoms with Gasteiger partial charge in [-0.1, -0.05) is 16.6 Å². The molecule has 0 bridgehead atoms. The first kappa shape index (κ1) is 19.3. The summed E-state index contributed by atoms with van der Waals surface area (Å²) in [4.78, 5) is 42.5. The highest BCUT2D eigenvalue weighted by Gasteiger charge is 2.55. The number of nitrogens with zero attached hydrogens (tertiary/aromatic N) is 4. The topological polar surface area (TPSA) is 105 Å². The molecule has 2 aliphatic rings. The van der Waals surface area contributed by atoms with Crippen molar-refractivity contribution < 1.29 is 19.1 Å². The van der Waals surface area contributed by atoms with Crippen LogP contribution in [0.3, 0.4) is 0 Å². The fraction of sp³-hybridized carbons (Fsp3) is 0.421. The van der Waals surface area contributed by atoms with Crippen LogP contribution in [0.4, 0.5) is 0 Å². The van der Waals surface area contributed by atoms with Gasteiger partial charge in [-0.3, -0.25) is 14.4 Å². The molecule has 1 saturated heterocycles. The average molecular weight is 415 g/mol. The number of benzene rings is 1. The monoisotopic (exact) mass is 415 g/mol. The molecule has 1 aromatic carbocycles. The first-order valence-corrected chi connectivity index (χ1v) is 9.93. The summed E-state index contributed by atoms with van der Waals surface area (Å²) in [7, 11) is 3.32. The Bertz CT molecular complexity index is 990. The lowest BCUT2D eigenvalue weighted by atomic mass is 9.86. The number of aryl methyl sites for hydroxylation is 1. The van der Waals surface area contributed by atoms with E-state index in [9.17, 15) is 14.4 Å². The van der Waals surface area contributed by atoms with Crippen molar-refractivity contribution in [3.63, 3.8) is 0 Å². The average Bonchev–Trinajstić information content (AvgIpc) is 3.25. The molecule has 1 spiro atoms. The van der Waals surface area contributed by atoms with Crippen LogP contribution in [0, 0.1) is 12.8 Å². The Morgan fingerprint density at radius 3 is 2.79 bits per heavy atom. The van der Waals surface area contributed by atoms with Crippen LogP contribution in [0.15, 0.2) is 24.3 Å². The summed E-state index contributed by atoms with van der Waals surface area (Å²) in [6.45, 7) is 2.14. The number of aromatic nitrogens is 2. The third-order valence-corrected chi connectivity index (χ3v) is 6.21. The standard InChI is InChI=1S/C19H21N5O4S/c1-11-15(29-22-21-11)18(27)24-8-13(17(26)23(2)3)19(9-24)10-28-14-7-5-4-6-12(14)16(25)20-19/h4-7,13H,8-10H2,1-3H3,(H,20,25)/t13-,19-/m1/s1. The number of nitrogens with one attached hydrogen (secondary N) is 1. The number of rotatable bonds is 2. The minimum Gasteiger partial charge on any atom is -0.490 e. The van der Waals surface area contributed by atoms with Gasteiger partial charge in [0.2, 0.25) is 5.91 Å². The van der Waals surface area contributed by atoms with E-state index in [1.807, 2.05) is 0 Å². The molecule has 3 heterocycles. The zero-order valence-electron chi connectivity index (χ0n) is 16.3. The number of carbonyl (C=O) groups is 3. The summed E-state index contributed by atoms with van der Waals surface area (Å²) in [5.74, 6) is -0.915. The van der Waals surface area contributed by atoms with Crippen molar-refractivity contribution in [1.82, 2.24) is 24.7 Å². The van der Waals surface area contributed by atoms with Crippen molar-refractivity contribution in [3.8, 4) is 5.75 Å². The van der Waals surface area contributed by atoms with E-state index in [1.54, 1.807) is 50.2 Å². The third-order valence-electron chi connectivity index (χ3n) is 5.39. The lowest BCUT2D eigenvalue weighted by Crippen LogP contribution is -2.60. The predicted octanol–water partition coefficient (Wildman–Crippen LogP) is 0.568. The second-order valence-electron chi connectivity index (χ2n) is 7.55. The van der Waals surface area contributed by atoms with Crippen LogP contribution in [0.1, 0.15) is 25.7 Å². The Morgan fingerprint density at radius 2 is 2.10 bits per heavy atom. The van der Waals surface area contributed by atoms with Crippen molar-refractivity contribution in [2.75, 3.05) is 33.8 Å². The maximum atomic E-state index is 13.1. The molecule has 1 N–H and O–H groups in total. The normalized spacial score (nSPS) is 23.2. The number of fused-ring (bicyclic) bond motifs is 1. The van der Waals surface area contributed by atoms with Gasteiger partial charge in [-0.2, -0.15) is 0 Å². The number of ether oxygens (including phenoxy) is 1. The Hall–Kier alpha value is -3.01. The molecule has 2 atom stereocenters. The molecule has 1 fully saturated rings. The van der Waals surface area contributed by atoms with Gasteiger partial charge in [-0.05, 0) is 30.6 Å². The number of para-hydroxylation sites is 1. The zero-order chi connectivity index (χ0) is 20.8. The molecule has 29 heavy (non-hydrogen) atoms. The molecule has 0 saturated carbocycles. The van der Waals surface area contributed by atoms with Crippen molar-refractivity contribution in [2.45, 2.75) is 12.5 Å². The molecule has 2 aliphatic heterocycles. The van der Waals surface area contributed by atoms with Gasteiger partial charge in [0.05, 0.1) is 17.2 Å².